The zero-order valence-corrected chi connectivity index (χ0v) is 29.7. The molecule has 0 saturated heterocycles. The van der Waals surface area contributed by atoms with Crippen molar-refractivity contribution >= 4 is 81.2 Å². The van der Waals surface area contributed by atoms with Gasteiger partial charge in [0.15, 0.2) is 11.6 Å². The molecule has 0 radical (unpaired) electrons. The second-order valence-corrected chi connectivity index (χ2v) is 15.6. The van der Waals surface area contributed by atoms with E-state index in [0.717, 1.165) is 43.6 Å². The molecular weight excluding hydrogens is 756 g/mol. The maximum atomic E-state index is 15.0. The normalized spacial score (nSPS) is 12.1. The summed E-state index contributed by atoms with van der Waals surface area (Å²) in [6, 6.07) is 46.4. The standard InChI is InChI=1S/C39H25IO2S4/c40-24-25-16-18-29(19-17-25)46-33-23-22-32(45-28-14-8-3-9-15-28)36-37(33)39(42)35-31(44-27-12-6-2-7-13-27)21-20-30(34(35)38(36)41)43-26-10-4-1-5-11-26/h1-23H,24H2. The first kappa shape index (κ1) is 31.4. The minimum Gasteiger partial charge on any atom is -0.288 e. The summed E-state index contributed by atoms with van der Waals surface area (Å²) in [6.07, 6.45) is 0. The van der Waals surface area contributed by atoms with Crippen LogP contribution >= 0.6 is 69.6 Å². The second-order valence-electron chi connectivity index (χ2n) is 10.4. The van der Waals surface area contributed by atoms with E-state index >= 15 is 0 Å². The Morgan fingerprint density at radius 3 is 0.935 bits per heavy atom. The van der Waals surface area contributed by atoms with Crippen LogP contribution in [-0.4, -0.2) is 11.6 Å². The summed E-state index contributed by atoms with van der Waals surface area (Å²) in [7, 11) is 0. The largest absolute Gasteiger partial charge is 0.288 e. The van der Waals surface area contributed by atoms with Gasteiger partial charge in [-0.3, -0.25) is 9.59 Å². The molecule has 0 heterocycles. The van der Waals surface area contributed by atoms with E-state index in [-0.39, 0.29) is 11.6 Å². The molecule has 224 valence electrons. The Balaban J connectivity index is 1.42. The van der Waals surface area contributed by atoms with Crippen molar-refractivity contribution in [2.75, 3.05) is 0 Å². The number of fused-ring (bicyclic) bond motifs is 2. The van der Waals surface area contributed by atoms with Crippen LogP contribution in [0.4, 0.5) is 0 Å². The molecule has 0 fully saturated rings. The number of benzene rings is 6. The maximum absolute atomic E-state index is 15.0. The fourth-order valence-electron chi connectivity index (χ4n) is 5.24. The van der Waals surface area contributed by atoms with Crippen molar-refractivity contribution in [3.05, 3.63) is 167 Å². The van der Waals surface area contributed by atoms with Crippen molar-refractivity contribution in [3.63, 3.8) is 0 Å². The van der Waals surface area contributed by atoms with E-state index in [1.165, 1.54) is 52.6 Å². The van der Waals surface area contributed by atoms with Crippen LogP contribution in [-0.2, 0) is 4.43 Å². The molecule has 1 aliphatic rings. The second kappa shape index (κ2) is 14.3. The Morgan fingerprint density at radius 1 is 0.370 bits per heavy atom. The fourth-order valence-corrected chi connectivity index (χ4v) is 9.65. The number of halogens is 1. The molecule has 0 bridgehead atoms. The van der Waals surface area contributed by atoms with Crippen molar-refractivity contribution in [1.82, 2.24) is 0 Å². The van der Waals surface area contributed by atoms with Gasteiger partial charge in [0.25, 0.3) is 0 Å². The molecule has 1 aliphatic carbocycles. The van der Waals surface area contributed by atoms with Gasteiger partial charge in [-0.2, -0.15) is 0 Å². The Bertz CT molecular complexity index is 2050. The van der Waals surface area contributed by atoms with Crippen molar-refractivity contribution in [2.45, 2.75) is 43.6 Å². The van der Waals surface area contributed by atoms with Gasteiger partial charge in [0.2, 0.25) is 0 Å². The van der Waals surface area contributed by atoms with Gasteiger partial charge in [-0.05, 0) is 78.4 Å². The van der Waals surface area contributed by atoms with Crippen molar-refractivity contribution in [2.24, 2.45) is 0 Å². The summed E-state index contributed by atoms with van der Waals surface area (Å²) in [5, 5.41) is 0. The molecule has 0 unspecified atom stereocenters. The van der Waals surface area contributed by atoms with Gasteiger partial charge in [0, 0.05) is 65.8 Å². The molecule has 2 nitrogen and oxygen atoms in total. The zero-order chi connectivity index (χ0) is 31.5. The summed E-state index contributed by atoms with van der Waals surface area (Å²) in [5.41, 5.74) is 3.18. The van der Waals surface area contributed by atoms with E-state index in [1.807, 2.05) is 115 Å². The highest BCUT2D eigenvalue weighted by molar-refractivity contribution is 14.1. The van der Waals surface area contributed by atoms with Crippen LogP contribution in [0.1, 0.15) is 37.4 Å². The van der Waals surface area contributed by atoms with Crippen LogP contribution in [0.25, 0.3) is 0 Å². The Labute approximate surface area is 299 Å². The predicted octanol–water partition coefficient (Wildman–Crippen LogP) is 12.0. The van der Waals surface area contributed by atoms with Crippen molar-refractivity contribution in [3.8, 4) is 0 Å². The van der Waals surface area contributed by atoms with Gasteiger partial charge in [0.05, 0.1) is 0 Å². The van der Waals surface area contributed by atoms with Gasteiger partial charge in [-0.25, -0.2) is 0 Å². The summed E-state index contributed by atoms with van der Waals surface area (Å²) < 4.78 is 0.929. The summed E-state index contributed by atoms with van der Waals surface area (Å²) >= 11 is 8.47. The first-order valence-corrected chi connectivity index (χ1v) is 19.3. The molecule has 7 heteroatoms. The lowest BCUT2D eigenvalue weighted by Gasteiger charge is -2.26. The van der Waals surface area contributed by atoms with Crippen LogP contribution < -0.4 is 0 Å². The molecule has 46 heavy (non-hydrogen) atoms. The third kappa shape index (κ3) is 6.62. The number of hydrogen-bond acceptors (Lipinski definition) is 6. The zero-order valence-electron chi connectivity index (χ0n) is 24.3. The number of alkyl halides is 1. The summed E-state index contributed by atoms with van der Waals surface area (Å²) in [6.45, 7) is 0. The SMILES string of the molecule is O=C1c2c(Sc3ccccc3)ccc(Sc3ccccc3)c2C(=O)c2c(Sc3ccc(CI)cc3)ccc(Sc3ccccc3)c21. The number of hydrogen-bond donors (Lipinski definition) is 0. The van der Waals surface area contributed by atoms with Crippen LogP contribution in [0.3, 0.4) is 0 Å². The van der Waals surface area contributed by atoms with Crippen LogP contribution in [0.5, 0.6) is 0 Å². The number of carbonyl (C=O) groups is 2. The number of rotatable bonds is 9. The fraction of sp³-hybridized carbons (Fsp3) is 0.0256. The first-order chi connectivity index (χ1) is 22.6. The molecule has 0 aromatic heterocycles. The van der Waals surface area contributed by atoms with Crippen LogP contribution in [0.2, 0.25) is 0 Å². The molecule has 0 spiro atoms. The molecule has 0 aliphatic heterocycles. The van der Waals surface area contributed by atoms with Gasteiger partial charge in [-0.15, -0.1) is 0 Å². The lowest BCUT2D eigenvalue weighted by molar-refractivity contribution is 0.0970. The average Bonchev–Trinajstić information content (AvgIpc) is 3.10. The van der Waals surface area contributed by atoms with Gasteiger partial charge in [0.1, 0.15) is 0 Å². The van der Waals surface area contributed by atoms with E-state index in [2.05, 4.69) is 46.9 Å². The van der Waals surface area contributed by atoms with Crippen LogP contribution in [0, 0.1) is 0 Å². The van der Waals surface area contributed by atoms with Crippen LogP contribution in [0.15, 0.2) is 179 Å². The number of ketones is 2. The minimum atomic E-state index is -0.111. The van der Waals surface area contributed by atoms with Gasteiger partial charge < -0.3 is 0 Å². The first-order valence-electron chi connectivity index (χ1n) is 14.5. The van der Waals surface area contributed by atoms with Gasteiger partial charge >= 0.3 is 0 Å². The monoisotopic (exact) mass is 780 g/mol. The Morgan fingerprint density at radius 2 is 0.652 bits per heavy atom. The highest BCUT2D eigenvalue weighted by atomic mass is 127. The topological polar surface area (TPSA) is 34.1 Å². The smallest absolute Gasteiger partial charge is 0.196 e. The van der Waals surface area contributed by atoms with Gasteiger partial charge in [-0.1, -0.05) is 136 Å². The third-order valence-corrected chi connectivity index (χ3v) is 12.5. The third-order valence-electron chi connectivity index (χ3n) is 7.38. The van der Waals surface area contributed by atoms with E-state index in [0.29, 0.717) is 22.3 Å². The average molecular weight is 781 g/mol. The summed E-state index contributed by atoms with van der Waals surface area (Å²) in [4.78, 5) is 37.2. The molecule has 6 aromatic rings. The number of carbonyl (C=O) groups excluding carboxylic acids is 2. The molecular formula is C39H25IO2S4. The lowest BCUT2D eigenvalue weighted by Crippen LogP contribution is -2.24. The maximum Gasteiger partial charge on any atom is 0.196 e. The quantitative estimate of drug-likeness (QED) is 0.107. The predicted molar refractivity (Wildman–Crippen MR) is 200 cm³/mol. The molecule has 0 atom stereocenters. The highest BCUT2D eigenvalue weighted by Gasteiger charge is 2.38. The Hall–Kier alpha value is -3.21. The van der Waals surface area contributed by atoms with E-state index in [9.17, 15) is 9.59 Å². The minimum absolute atomic E-state index is 0.111. The molecule has 0 N–H and O–H groups in total. The van der Waals surface area contributed by atoms with Crippen molar-refractivity contribution in [1.29, 1.82) is 0 Å². The molecule has 0 saturated carbocycles. The Kier molecular flexibility index (Phi) is 9.74. The van der Waals surface area contributed by atoms with E-state index < -0.39 is 0 Å². The van der Waals surface area contributed by atoms with E-state index in [1.54, 1.807) is 0 Å². The summed E-state index contributed by atoms with van der Waals surface area (Å²) in [5.74, 6) is -0.222. The highest BCUT2D eigenvalue weighted by Crippen LogP contribution is 2.48. The lowest BCUT2D eigenvalue weighted by atomic mass is 9.84. The van der Waals surface area contributed by atoms with Crippen molar-refractivity contribution < 1.29 is 9.59 Å². The molecule has 0 amide bonds. The molecule has 6 aromatic carbocycles. The van der Waals surface area contributed by atoms with E-state index in [4.69, 9.17) is 0 Å². The molecule has 7 rings (SSSR count).